The van der Waals surface area contributed by atoms with Crippen molar-refractivity contribution in [3.63, 3.8) is 0 Å². The van der Waals surface area contributed by atoms with E-state index in [1.165, 1.54) is 18.9 Å². The van der Waals surface area contributed by atoms with E-state index >= 15 is 0 Å². The number of carbonyl (C=O) groups is 1. The molecule has 100 valence electrons. The molecule has 0 bridgehead atoms. The van der Waals surface area contributed by atoms with Crippen molar-refractivity contribution < 1.29 is 13.9 Å². The molecular formula is C15H22O3. The normalized spacial score (nSPS) is 28.3. The summed E-state index contributed by atoms with van der Waals surface area (Å²) >= 11 is 0. The van der Waals surface area contributed by atoms with Crippen LogP contribution in [0.5, 0.6) is 0 Å². The summed E-state index contributed by atoms with van der Waals surface area (Å²) in [5.74, 6) is 1.42. The molecule has 1 aliphatic rings. The lowest BCUT2D eigenvalue weighted by molar-refractivity contribution is -0.0174. The summed E-state index contributed by atoms with van der Waals surface area (Å²) in [6.07, 6.45) is 6.37. The first kappa shape index (κ1) is 13.2. The van der Waals surface area contributed by atoms with Crippen molar-refractivity contribution in [3.05, 3.63) is 24.2 Å². The molecule has 0 radical (unpaired) electrons. The SMILES string of the molecule is CC1CCC(C(C)C)C(OC(=O)c2ccoc2)C1. The summed E-state index contributed by atoms with van der Waals surface area (Å²) in [5, 5.41) is 0. The summed E-state index contributed by atoms with van der Waals surface area (Å²) in [5.41, 5.74) is 0.510. The van der Waals surface area contributed by atoms with Crippen molar-refractivity contribution in [2.24, 2.45) is 17.8 Å². The van der Waals surface area contributed by atoms with Gasteiger partial charge < -0.3 is 9.15 Å². The third kappa shape index (κ3) is 2.95. The van der Waals surface area contributed by atoms with Gasteiger partial charge in [-0.3, -0.25) is 0 Å². The predicted octanol–water partition coefficient (Wildman–Crippen LogP) is 3.90. The number of esters is 1. The number of furan rings is 1. The number of hydrogen-bond donors (Lipinski definition) is 0. The third-order valence-corrected chi connectivity index (χ3v) is 3.98. The lowest BCUT2D eigenvalue weighted by Gasteiger charge is -2.36. The van der Waals surface area contributed by atoms with E-state index in [9.17, 15) is 4.79 Å². The van der Waals surface area contributed by atoms with Crippen LogP contribution in [0.1, 0.15) is 50.4 Å². The third-order valence-electron chi connectivity index (χ3n) is 3.98. The molecule has 3 atom stereocenters. The molecular weight excluding hydrogens is 228 g/mol. The zero-order valence-electron chi connectivity index (χ0n) is 11.4. The molecule has 0 aliphatic heterocycles. The second-order valence-electron chi connectivity index (χ2n) is 5.78. The van der Waals surface area contributed by atoms with Gasteiger partial charge in [0, 0.05) is 0 Å². The van der Waals surface area contributed by atoms with Gasteiger partial charge in [-0.05, 0) is 36.7 Å². The van der Waals surface area contributed by atoms with Crippen LogP contribution >= 0.6 is 0 Å². The van der Waals surface area contributed by atoms with Crippen LogP contribution in [0.2, 0.25) is 0 Å². The predicted molar refractivity (Wildman–Crippen MR) is 69.3 cm³/mol. The smallest absolute Gasteiger partial charge is 0.341 e. The van der Waals surface area contributed by atoms with Crippen LogP contribution in [0.25, 0.3) is 0 Å². The van der Waals surface area contributed by atoms with E-state index in [1.54, 1.807) is 6.07 Å². The van der Waals surface area contributed by atoms with E-state index in [2.05, 4.69) is 20.8 Å². The van der Waals surface area contributed by atoms with Crippen LogP contribution in [0.3, 0.4) is 0 Å². The Kier molecular flexibility index (Phi) is 4.10. The van der Waals surface area contributed by atoms with Gasteiger partial charge in [0.25, 0.3) is 0 Å². The van der Waals surface area contributed by atoms with E-state index in [0.717, 1.165) is 12.8 Å². The van der Waals surface area contributed by atoms with Crippen molar-refractivity contribution in [2.75, 3.05) is 0 Å². The van der Waals surface area contributed by atoms with Gasteiger partial charge in [0.15, 0.2) is 0 Å². The molecule has 0 amide bonds. The molecule has 2 rings (SSSR count). The summed E-state index contributed by atoms with van der Waals surface area (Å²) < 4.78 is 10.6. The molecule has 3 unspecified atom stereocenters. The first-order valence-electron chi connectivity index (χ1n) is 6.81. The van der Waals surface area contributed by atoms with E-state index < -0.39 is 0 Å². The largest absolute Gasteiger partial charge is 0.472 e. The average molecular weight is 250 g/mol. The highest BCUT2D eigenvalue weighted by atomic mass is 16.5. The minimum Gasteiger partial charge on any atom is -0.472 e. The summed E-state index contributed by atoms with van der Waals surface area (Å²) in [6, 6.07) is 1.65. The van der Waals surface area contributed by atoms with Gasteiger partial charge >= 0.3 is 5.97 Å². The van der Waals surface area contributed by atoms with Crippen LogP contribution in [-0.4, -0.2) is 12.1 Å². The second-order valence-corrected chi connectivity index (χ2v) is 5.78. The van der Waals surface area contributed by atoms with Gasteiger partial charge in [0.05, 0.1) is 11.8 Å². The number of carbonyl (C=O) groups excluding carboxylic acids is 1. The zero-order valence-corrected chi connectivity index (χ0v) is 11.4. The lowest BCUT2D eigenvalue weighted by Crippen LogP contribution is -2.35. The van der Waals surface area contributed by atoms with Crippen molar-refractivity contribution in [1.82, 2.24) is 0 Å². The molecule has 3 heteroatoms. The molecule has 0 saturated heterocycles. The maximum atomic E-state index is 12.0. The summed E-state index contributed by atoms with van der Waals surface area (Å²) in [7, 11) is 0. The van der Waals surface area contributed by atoms with Crippen LogP contribution in [0, 0.1) is 17.8 Å². The maximum absolute atomic E-state index is 12.0. The first-order valence-corrected chi connectivity index (χ1v) is 6.81. The molecule has 1 fully saturated rings. The van der Waals surface area contributed by atoms with Crippen LogP contribution < -0.4 is 0 Å². The van der Waals surface area contributed by atoms with E-state index in [1.807, 2.05) is 0 Å². The molecule has 18 heavy (non-hydrogen) atoms. The number of rotatable bonds is 3. The monoisotopic (exact) mass is 250 g/mol. The van der Waals surface area contributed by atoms with Gasteiger partial charge in [0.1, 0.15) is 12.4 Å². The van der Waals surface area contributed by atoms with Crippen molar-refractivity contribution in [1.29, 1.82) is 0 Å². The quantitative estimate of drug-likeness (QED) is 0.764. The van der Waals surface area contributed by atoms with Crippen LogP contribution in [0.15, 0.2) is 23.0 Å². The summed E-state index contributed by atoms with van der Waals surface area (Å²) in [4.78, 5) is 12.0. The number of hydrogen-bond acceptors (Lipinski definition) is 3. The molecule has 1 aliphatic carbocycles. The second kappa shape index (κ2) is 5.59. The van der Waals surface area contributed by atoms with Gasteiger partial charge in [0.2, 0.25) is 0 Å². The minimum atomic E-state index is -0.256. The highest BCUT2D eigenvalue weighted by Crippen LogP contribution is 2.35. The maximum Gasteiger partial charge on any atom is 0.341 e. The Morgan fingerprint density at radius 3 is 2.83 bits per heavy atom. The van der Waals surface area contributed by atoms with Gasteiger partial charge in [-0.15, -0.1) is 0 Å². The highest BCUT2D eigenvalue weighted by molar-refractivity contribution is 5.88. The molecule has 3 nitrogen and oxygen atoms in total. The number of ether oxygens (including phenoxy) is 1. The van der Waals surface area contributed by atoms with Crippen molar-refractivity contribution in [3.8, 4) is 0 Å². The molecule has 0 aromatic carbocycles. The zero-order chi connectivity index (χ0) is 13.1. The Morgan fingerprint density at radius 1 is 1.44 bits per heavy atom. The molecule has 1 heterocycles. The fourth-order valence-corrected chi connectivity index (χ4v) is 2.84. The molecule has 1 saturated carbocycles. The Balaban J connectivity index is 2.02. The highest BCUT2D eigenvalue weighted by Gasteiger charge is 2.33. The lowest BCUT2D eigenvalue weighted by atomic mass is 9.75. The average Bonchev–Trinajstić information content (AvgIpc) is 2.81. The van der Waals surface area contributed by atoms with Crippen LogP contribution in [0.4, 0.5) is 0 Å². The molecule has 0 N–H and O–H groups in total. The Hall–Kier alpha value is -1.25. The van der Waals surface area contributed by atoms with E-state index in [-0.39, 0.29) is 12.1 Å². The van der Waals surface area contributed by atoms with Gasteiger partial charge in [-0.2, -0.15) is 0 Å². The first-order chi connectivity index (χ1) is 8.58. The standard InChI is InChI=1S/C15H22O3/c1-10(2)13-5-4-11(3)8-14(13)18-15(16)12-6-7-17-9-12/h6-7,9-11,13-14H,4-5,8H2,1-3H3. The van der Waals surface area contributed by atoms with Gasteiger partial charge in [-0.1, -0.05) is 27.2 Å². The minimum absolute atomic E-state index is 0.0520. The Bertz CT molecular complexity index is 380. The fourth-order valence-electron chi connectivity index (χ4n) is 2.84. The fraction of sp³-hybridized carbons (Fsp3) is 0.667. The van der Waals surface area contributed by atoms with E-state index in [0.29, 0.717) is 23.3 Å². The molecule has 1 aromatic heterocycles. The van der Waals surface area contributed by atoms with Crippen LogP contribution in [-0.2, 0) is 4.74 Å². The Morgan fingerprint density at radius 2 is 2.22 bits per heavy atom. The van der Waals surface area contributed by atoms with Crippen molar-refractivity contribution >= 4 is 5.97 Å². The summed E-state index contributed by atoms with van der Waals surface area (Å²) in [6.45, 7) is 6.65. The molecule has 0 spiro atoms. The molecule has 1 aromatic rings. The van der Waals surface area contributed by atoms with Gasteiger partial charge in [-0.25, -0.2) is 4.79 Å². The topological polar surface area (TPSA) is 39.4 Å². The van der Waals surface area contributed by atoms with E-state index in [4.69, 9.17) is 9.15 Å². The Labute approximate surface area is 109 Å². The van der Waals surface area contributed by atoms with Crippen molar-refractivity contribution in [2.45, 2.75) is 46.1 Å².